The summed E-state index contributed by atoms with van der Waals surface area (Å²) < 4.78 is 7.11. The van der Waals surface area contributed by atoms with Crippen molar-refractivity contribution in [3.63, 3.8) is 0 Å². The van der Waals surface area contributed by atoms with E-state index in [0.29, 0.717) is 11.4 Å². The van der Waals surface area contributed by atoms with Gasteiger partial charge in [-0.05, 0) is 17.5 Å². The normalized spacial score (nSPS) is 19.8. The summed E-state index contributed by atoms with van der Waals surface area (Å²) in [5, 5.41) is 30.4. The molecular weight excluding hydrogens is 402 g/mol. The van der Waals surface area contributed by atoms with Crippen molar-refractivity contribution >= 4 is 11.8 Å². The second kappa shape index (κ2) is 8.93. The third-order valence-electron chi connectivity index (χ3n) is 5.19. The number of phenolic OH excluding ortho intramolecular Hbond substituents is 1. The maximum absolute atomic E-state index is 13.5. The molecule has 10 nitrogen and oxygen atoms in total. The highest BCUT2D eigenvalue weighted by Gasteiger charge is 2.44. The van der Waals surface area contributed by atoms with Gasteiger partial charge in [0.1, 0.15) is 35.9 Å². The van der Waals surface area contributed by atoms with Crippen LogP contribution in [0.15, 0.2) is 30.5 Å². The summed E-state index contributed by atoms with van der Waals surface area (Å²) in [7, 11) is 1.51. The summed E-state index contributed by atoms with van der Waals surface area (Å²) in [6, 6.07) is 4.96. The van der Waals surface area contributed by atoms with Gasteiger partial charge in [0.25, 0.3) is 0 Å². The van der Waals surface area contributed by atoms with Crippen LogP contribution in [0.3, 0.4) is 0 Å². The number of aromatic nitrogens is 3. The number of nitrogens with zero attached hydrogens (tertiary/aromatic N) is 4. The number of aliphatic hydroxyl groups excluding tert-OH is 1. The molecule has 1 saturated heterocycles. The van der Waals surface area contributed by atoms with Gasteiger partial charge in [0.2, 0.25) is 11.8 Å². The number of hydrogen-bond acceptors (Lipinski definition) is 7. The topological polar surface area (TPSA) is 130 Å². The van der Waals surface area contributed by atoms with E-state index in [2.05, 4.69) is 15.6 Å². The highest BCUT2D eigenvalue weighted by Crippen LogP contribution is 2.34. The lowest BCUT2D eigenvalue weighted by atomic mass is 9.85. The van der Waals surface area contributed by atoms with Crippen LogP contribution in [0.2, 0.25) is 0 Å². The first-order chi connectivity index (χ1) is 14.6. The van der Waals surface area contributed by atoms with E-state index in [1.54, 1.807) is 24.4 Å². The largest absolute Gasteiger partial charge is 0.508 e. The van der Waals surface area contributed by atoms with Crippen LogP contribution in [0.1, 0.15) is 38.9 Å². The lowest BCUT2D eigenvalue weighted by molar-refractivity contribution is -0.144. The molecule has 0 bridgehead atoms. The molecular formula is C21H29N5O5. The molecule has 31 heavy (non-hydrogen) atoms. The molecule has 3 rings (SSSR count). The number of carbonyl (C=O) groups excluding carboxylic acids is 2. The predicted molar refractivity (Wildman–Crippen MR) is 111 cm³/mol. The molecule has 2 unspecified atom stereocenters. The Bertz CT molecular complexity index is 938. The standard InChI is InChI=1S/C21H29N5O5/c1-21(2,3)18(20(30)25-11-15(28)9-17(25)19(29)22-4)26-10-13(23-24-26)12-31-16-7-5-6-14(27)8-16/h5-8,10,15,17-18,27-28H,9,11-12H2,1-4H3,(H,22,29)/t15?,17-,18?/m1/s1. The van der Waals surface area contributed by atoms with Crippen molar-refractivity contribution < 1.29 is 24.5 Å². The van der Waals surface area contributed by atoms with E-state index in [4.69, 9.17) is 4.74 Å². The highest BCUT2D eigenvalue weighted by atomic mass is 16.5. The number of benzene rings is 1. The molecule has 2 amide bonds. The molecule has 3 atom stereocenters. The van der Waals surface area contributed by atoms with Gasteiger partial charge in [0.15, 0.2) is 0 Å². The van der Waals surface area contributed by atoms with E-state index in [1.165, 1.54) is 22.7 Å². The van der Waals surface area contributed by atoms with Crippen LogP contribution >= 0.6 is 0 Å². The van der Waals surface area contributed by atoms with Gasteiger partial charge >= 0.3 is 0 Å². The summed E-state index contributed by atoms with van der Waals surface area (Å²) in [6.45, 7) is 5.91. The smallest absolute Gasteiger partial charge is 0.248 e. The minimum absolute atomic E-state index is 0.0890. The molecule has 1 fully saturated rings. The molecule has 1 aromatic heterocycles. The lowest BCUT2D eigenvalue weighted by Gasteiger charge is -2.34. The van der Waals surface area contributed by atoms with Crippen LogP contribution in [-0.2, 0) is 16.2 Å². The lowest BCUT2D eigenvalue weighted by Crippen LogP contribution is -2.49. The average molecular weight is 431 g/mol. The van der Waals surface area contributed by atoms with Gasteiger partial charge < -0.3 is 25.2 Å². The Morgan fingerprint density at radius 3 is 2.74 bits per heavy atom. The Labute approximate surface area is 180 Å². The number of ether oxygens (including phenoxy) is 1. The third-order valence-corrected chi connectivity index (χ3v) is 5.19. The van der Waals surface area contributed by atoms with E-state index in [-0.39, 0.29) is 37.1 Å². The zero-order valence-electron chi connectivity index (χ0n) is 18.1. The summed E-state index contributed by atoms with van der Waals surface area (Å²) in [5.41, 5.74) is -0.0238. The fourth-order valence-corrected chi connectivity index (χ4v) is 3.75. The van der Waals surface area contributed by atoms with Crippen molar-refractivity contribution in [3.05, 3.63) is 36.2 Å². The number of likely N-dealkylation sites (tertiary alicyclic amines) is 1. The average Bonchev–Trinajstić information content (AvgIpc) is 3.31. The van der Waals surface area contributed by atoms with Gasteiger partial charge in [0, 0.05) is 26.1 Å². The molecule has 2 aromatic rings. The predicted octanol–water partition coefficient (Wildman–Crippen LogP) is 0.858. The van der Waals surface area contributed by atoms with Gasteiger partial charge in [0.05, 0.1) is 12.3 Å². The van der Waals surface area contributed by atoms with Gasteiger partial charge in [-0.3, -0.25) is 9.59 Å². The number of aliphatic hydroxyl groups is 1. The Kier molecular flexibility index (Phi) is 6.49. The fraction of sp³-hybridized carbons (Fsp3) is 0.524. The van der Waals surface area contributed by atoms with Crippen LogP contribution in [-0.4, -0.2) is 67.7 Å². The number of phenols is 1. The number of carbonyl (C=O) groups is 2. The first-order valence-corrected chi connectivity index (χ1v) is 10.1. The number of β-amino-alcohol motifs (C(OH)–C–C–N with tert-alkyl or cyclic N) is 1. The van der Waals surface area contributed by atoms with Gasteiger partial charge in [-0.25, -0.2) is 4.68 Å². The summed E-state index contributed by atoms with van der Waals surface area (Å²) in [5.74, 6) is -0.0326. The van der Waals surface area contributed by atoms with Crippen molar-refractivity contribution in [2.24, 2.45) is 5.41 Å². The second-order valence-electron chi connectivity index (χ2n) is 8.75. The van der Waals surface area contributed by atoms with E-state index in [0.717, 1.165) is 0 Å². The zero-order valence-corrected chi connectivity index (χ0v) is 18.1. The summed E-state index contributed by atoms with van der Waals surface area (Å²) in [4.78, 5) is 27.1. The number of nitrogens with one attached hydrogen (secondary N) is 1. The first-order valence-electron chi connectivity index (χ1n) is 10.1. The SMILES string of the molecule is CNC(=O)[C@H]1CC(O)CN1C(=O)C(n1cc(COc2cccc(O)c2)nn1)C(C)(C)C. The van der Waals surface area contributed by atoms with E-state index in [1.807, 2.05) is 20.8 Å². The Hall–Kier alpha value is -3.14. The van der Waals surface area contributed by atoms with Crippen LogP contribution in [0, 0.1) is 5.41 Å². The van der Waals surface area contributed by atoms with Crippen LogP contribution in [0.4, 0.5) is 0 Å². The number of likely N-dealkylation sites (N-methyl/N-ethyl adjacent to an activating group) is 1. The fourth-order valence-electron chi connectivity index (χ4n) is 3.75. The Morgan fingerprint density at radius 1 is 1.35 bits per heavy atom. The van der Waals surface area contributed by atoms with Crippen molar-refractivity contribution in [1.82, 2.24) is 25.2 Å². The Morgan fingerprint density at radius 2 is 2.10 bits per heavy atom. The molecule has 0 aliphatic carbocycles. The van der Waals surface area contributed by atoms with E-state index >= 15 is 0 Å². The first kappa shape index (κ1) is 22.5. The van der Waals surface area contributed by atoms with Crippen LogP contribution < -0.4 is 10.1 Å². The van der Waals surface area contributed by atoms with Gasteiger partial charge in [-0.2, -0.15) is 0 Å². The molecule has 168 valence electrons. The third kappa shape index (κ3) is 5.13. The minimum Gasteiger partial charge on any atom is -0.508 e. The molecule has 3 N–H and O–H groups in total. The molecule has 0 saturated carbocycles. The number of amides is 2. The van der Waals surface area contributed by atoms with E-state index < -0.39 is 23.6 Å². The summed E-state index contributed by atoms with van der Waals surface area (Å²) in [6.07, 6.45) is 1.08. The molecule has 2 heterocycles. The van der Waals surface area contributed by atoms with Crippen molar-refractivity contribution in [2.45, 2.75) is 52.0 Å². The molecule has 1 aliphatic rings. The second-order valence-corrected chi connectivity index (χ2v) is 8.75. The molecule has 10 heteroatoms. The van der Waals surface area contributed by atoms with Gasteiger partial charge in [-0.15, -0.1) is 5.10 Å². The maximum Gasteiger partial charge on any atom is 0.248 e. The molecule has 0 spiro atoms. The quantitative estimate of drug-likeness (QED) is 0.618. The Balaban J connectivity index is 1.80. The maximum atomic E-state index is 13.5. The number of hydrogen-bond donors (Lipinski definition) is 3. The highest BCUT2D eigenvalue weighted by molar-refractivity contribution is 5.90. The van der Waals surface area contributed by atoms with Crippen molar-refractivity contribution in [2.75, 3.05) is 13.6 Å². The minimum atomic E-state index is -0.756. The van der Waals surface area contributed by atoms with Crippen LogP contribution in [0.5, 0.6) is 11.5 Å². The molecule has 0 radical (unpaired) electrons. The van der Waals surface area contributed by atoms with Crippen molar-refractivity contribution in [3.8, 4) is 11.5 Å². The monoisotopic (exact) mass is 431 g/mol. The van der Waals surface area contributed by atoms with E-state index in [9.17, 15) is 19.8 Å². The molecule has 1 aromatic carbocycles. The van der Waals surface area contributed by atoms with Gasteiger partial charge in [-0.1, -0.05) is 32.1 Å². The number of aromatic hydroxyl groups is 1. The zero-order chi connectivity index (χ0) is 22.8. The van der Waals surface area contributed by atoms with Crippen LogP contribution in [0.25, 0.3) is 0 Å². The number of rotatable bonds is 6. The summed E-state index contributed by atoms with van der Waals surface area (Å²) >= 11 is 0. The van der Waals surface area contributed by atoms with Crippen molar-refractivity contribution in [1.29, 1.82) is 0 Å². The molecule has 1 aliphatic heterocycles.